The summed E-state index contributed by atoms with van der Waals surface area (Å²) in [6.07, 6.45) is 5.70. The molecule has 17 heavy (non-hydrogen) atoms. The van der Waals surface area contributed by atoms with Crippen LogP contribution in [-0.4, -0.2) is 6.04 Å². The van der Waals surface area contributed by atoms with Crippen LogP contribution in [-0.2, 0) is 6.54 Å². The molecule has 1 heteroatoms. The predicted molar refractivity (Wildman–Crippen MR) is 74.2 cm³/mol. The minimum absolute atomic E-state index is 0.664. The first kappa shape index (κ1) is 12.6. The van der Waals surface area contributed by atoms with E-state index < -0.39 is 0 Å². The lowest BCUT2D eigenvalue weighted by molar-refractivity contribution is 0.380. The highest BCUT2D eigenvalue weighted by molar-refractivity contribution is 5.32. The van der Waals surface area contributed by atoms with E-state index in [1.165, 1.54) is 42.4 Å². The molecule has 1 fully saturated rings. The first-order valence-electron chi connectivity index (χ1n) is 6.97. The van der Waals surface area contributed by atoms with Crippen molar-refractivity contribution < 1.29 is 0 Å². The van der Waals surface area contributed by atoms with Gasteiger partial charge in [0.25, 0.3) is 0 Å². The monoisotopic (exact) mass is 231 g/mol. The molecule has 1 atom stereocenters. The number of hydrogen-bond acceptors (Lipinski definition) is 1. The maximum atomic E-state index is 3.71. The van der Waals surface area contributed by atoms with Crippen molar-refractivity contribution >= 4 is 0 Å². The van der Waals surface area contributed by atoms with E-state index in [9.17, 15) is 0 Å². The zero-order valence-corrected chi connectivity index (χ0v) is 11.4. The average molecular weight is 231 g/mol. The summed E-state index contributed by atoms with van der Waals surface area (Å²) in [5, 5.41) is 3.71. The molecular weight excluding hydrogens is 206 g/mol. The van der Waals surface area contributed by atoms with Crippen molar-refractivity contribution in [3.63, 3.8) is 0 Å². The van der Waals surface area contributed by atoms with Gasteiger partial charge in [0.05, 0.1) is 0 Å². The Hall–Kier alpha value is -0.820. The summed E-state index contributed by atoms with van der Waals surface area (Å²) >= 11 is 0. The van der Waals surface area contributed by atoms with Gasteiger partial charge in [-0.3, -0.25) is 0 Å². The van der Waals surface area contributed by atoms with Crippen molar-refractivity contribution in [2.24, 2.45) is 5.92 Å². The fourth-order valence-corrected chi connectivity index (χ4v) is 2.90. The Bertz CT molecular complexity index is 364. The van der Waals surface area contributed by atoms with E-state index in [-0.39, 0.29) is 0 Å². The predicted octanol–water partition coefficient (Wildman–Crippen LogP) is 3.97. The minimum atomic E-state index is 0.664. The van der Waals surface area contributed by atoms with Crippen molar-refractivity contribution in [3.05, 3.63) is 34.9 Å². The average Bonchev–Trinajstić information content (AvgIpc) is 2.84. The number of rotatable bonds is 4. The van der Waals surface area contributed by atoms with Crippen LogP contribution >= 0.6 is 0 Å². The molecule has 2 rings (SSSR count). The molecule has 94 valence electrons. The molecule has 0 heterocycles. The molecule has 0 radical (unpaired) electrons. The van der Waals surface area contributed by atoms with Crippen molar-refractivity contribution in [1.29, 1.82) is 0 Å². The van der Waals surface area contributed by atoms with Crippen LogP contribution in [0.25, 0.3) is 0 Å². The summed E-state index contributed by atoms with van der Waals surface area (Å²) in [7, 11) is 0. The topological polar surface area (TPSA) is 12.0 Å². The lowest BCUT2D eigenvalue weighted by Gasteiger charge is -2.21. The number of benzene rings is 1. The zero-order chi connectivity index (χ0) is 12.3. The van der Waals surface area contributed by atoms with Crippen molar-refractivity contribution in [1.82, 2.24) is 5.32 Å². The molecule has 0 unspecified atom stereocenters. The van der Waals surface area contributed by atoms with Gasteiger partial charge in [-0.05, 0) is 56.2 Å². The van der Waals surface area contributed by atoms with E-state index in [1.807, 2.05) is 0 Å². The largest absolute Gasteiger partial charge is 0.310 e. The maximum Gasteiger partial charge on any atom is 0.0210 e. The standard InChI is InChI=1S/C16H25N/c1-12-7-6-10-16(13(12)2)11-17-14(3)15-8-4-5-9-15/h6-7,10,14-15,17H,4-5,8-9,11H2,1-3H3/t14-/m0/s1. The smallest absolute Gasteiger partial charge is 0.0210 e. The molecule has 0 spiro atoms. The Morgan fingerprint density at radius 3 is 2.65 bits per heavy atom. The van der Waals surface area contributed by atoms with E-state index in [0.29, 0.717) is 6.04 Å². The number of hydrogen-bond donors (Lipinski definition) is 1. The van der Waals surface area contributed by atoms with Crippen LogP contribution in [0.4, 0.5) is 0 Å². The molecule has 1 saturated carbocycles. The van der Waals surface area contributed by atoms with Gasteiger partial charge in [0.15, 0.2) is 0 Å². The lowest BCUT2D eigenvalue weighted by atomic mass is 9.98. The van der Waals surface area contributed by atoms with E-state index >= 15 is 0 Å². The van der Waals surface area contributed by atoms with Crippen molar-refractivity contribution in [2.75, 3.05) is 0 Å². The van der Waals surface area contributed by atoms with Crippen LogP contribution in [0.2, 0.25) is 0 Å². The van der Waals surface area contributed by atoms with Gasteiger partial charge < -0.3 is 5.32 Å². The number of aryl methyl sites for hydroxylation is 1. The van der Waals surface area contributed by atoms with Gasteiger partial charge in [-0.15, -0.1) is 0 Å². The Labute approximate surface area is 106 Å². The molecule has 1 N–H and O–H groups in total. The molecule has 0 aromatic heterocycles. The Morgan fingerprint density at radius 2 is 1.94 bits per heavy atom. The molecule has 0 bridgehead atoms. The summed E-state index contributed by atoms with van der Waals surface area (Å²) in [5.74, 6) is 0.903. The molecule has 1 aliphatic rings. The van der Waals surface area contributed by atoms with Crippen LogP contribution < -0.4 is 5.32 Å². The minimum Gasteiger partial charge on any atom is -0.310 e. The normalized spacial score (nSPS) is 18.5. The van der Waals surface area contributed by atoms with Gasteiger partial charge in [0, 0.05) is 12.6 Å². The van der Waals surface area contributed by atoms with E-state index in [1.54, 1.807) is 0 Å². The Kier molecular flexibility index (Phi) is 4.22. The van der Waals surface area contributed by atoms with E-state index in [0.717, 1.165) is 12.5 Å². The first-order valence-corrected chi connectivity index (χ1v) is 6.97. The van der Waals surface area contributed by atoms with Crippen LogP contribution in [0.1, 0.15) is 49.3 Å². The molecule has 0 aliphatic heterocycles. The van der Waals surface area contributed by atoms with Gasteiger partial charge in [0.1, 0.15) is 0 Å². The summed E-state index contributed by atoms with van der Waals surface area (Å²) in [4.78, 5) is 0. The molecule has 1 aliphatic carbocycles. The van der Waals surface area contributed by atoms with Crippen LogP contribution in [0.5, 0.6) is 0 Å². The van der Waals surface area contributed by atoms with Crippen LogP contribution in [0.15, 0.2) is 18.2 Å². The van der Waals surface area contributed by atoms with Gasteiger partial charge in [-0.2, -0.15) is 0 Å². The van der Waals surface area contributed by atoms with E-state index in [2.05, 4.69) is 44.3 Å². The third-order valence-corrected chi connectivity index (χ3v) is 4.44. The zero-order valence-electron chi connectivity index (χ0n) is 11.4. The molecule has 1 nitrogen and oxygen atoms in total. The first-order chi connectivity index (χ1) is 8.18. The lowest BCUT2D eigenvalue weighted by Crippen LogP contribution is -2.31. The van der Waals surface area contributed by atoms with Gasteiger partial charge in [-0.1, -0.05) is 31.0 Å². The highest BCUT2D eigenvalue weighted by atomic mass is 14.9. The Morgan fingerprint density at radius 1 is 1.24 bits per heavy atom. The second-order valence-corrected chi connectivity index (χ2v) is 5.57. The summed E-state index contributed by atoms with van der Waals surface area (Å²) in [5.41, 5.74) is 4.30. The highest BCUT2D eigenvalue weighted by Crippen LogP contribution is 2.27. The van der Waals surface area contributed by atoms with Crippen LogP contribution in [0.3, 0.4) is 0 Å². The highest BCUT2D eigenvalue weighted by Gasteiger charge is 2.20. The van der Waals surface area contributed by atoms with Crippen molar-refractivity contribution in [2.45, 2.75) is 59.0 Å². The molecule has 0 saturated heterocycles. The summed E-state index contributed by atoms with van der Waals surface area (Å²) < 4.78 is 0. The van der Waals surface area contributed by atoms with Crippen LogP contribution in [0, 0.1) is 19.8 Å². The second kappa shape index (κ2) is 5.68. The van der Waals surface area contributed by atoms with Gasteiger partial charge in [0.2, 0.25) is 0 Å². The second-order valence-electron chi connectivity index (χ2n) is 5.57. The van der Waals surface area contributed by atoms with Gasteiger partial charge in [-0.25, -0.2) is 0 Å². The van der Waals surface area contributed by atoms with E-state index in [4.69, 9.17) is 0 Å². The summed E-state index contributed by atoms with van der Waals surface area (Å²) in [6.45, 7) is 7.79. The van der Waals surface area contributed by atoms with Gasteiger partial charge >= 0.3 is 0 Å². The fourth-order valence-electron chi connectivity index (χ4n) is 2.90. The summed E-state index contributed by atoms with van der Waals surface area (Å²) in [6, 6.07) is 7.27. The molecule has 1 aromatic carbocycles. The third kappa shape index (κ3) is 3.10. The maximum absolute atomic E-state index is 3.71. The molecule has 1 aromatic rings. The Balaban J connectivity index is 1.90. The SMILES string of the molecule is Cc1cccc(CN[C@@H](C)C2CCCC2)c1C. The number of nitrogens with one attached hydrogen (secondary N) is 1. The van der Waals surface area contributed by atoms with Crippen molar-refractivity contribution in [3.8, 4) is 0 Å². The molecular formula is C16H25N. The quantitative estimate of drug-likeness (QED) is 0.826. The third-order valence-electron chi connectivity index (χ3n) is 4.44. The fraction of sp³-hybridized carbons (Fsp3) is 0.625. The molecule has 0 amide bonds.